The second-order valence-electron chi connectivity index (χ2n) is 10.1. The Morgan fingerprint density at radius 2 is 2.02 bits per heavy atom. The number of alkyl halides is 3. The van der Waals surface area contributed by atoms with Crippen LogP contribution in [-0.4, -0.2) is 70.8 Å². The molecular formula is C29H31F3N6O4S. The van der Waals surface area contributed by atoms with Crippen molar-refractivity contribution in [1.82, 2.24) is 20.2 Å². The Kier molecular flexibility index (Phi) is 9.06. The van der Waals surface area contributed by atoms with E-state index in [-0.39, 0.29) is 40.2 Å². The average Bonchev–Trinajstić information content (AvgIpc) is 3.49. The average molecular weight is 617 g/mol. The van der Waals surface area contributed by atoms with Crippen LogP contribution in [0.5, 0.6) is 0 Å². The van der Waals surface area contributed by atoms with E-state index in [1.807, 2.05) is 4.57 Å². The minimum Gasteiger partial charge on any atom is -0.462 e. The van der Waals surface area contributed by atoms with Gasteiger partial charge in [0, 0.05) is 53.8 Å². The number of esters is 1. The van der Waals surface area contributed by atoms with E-state index in [1.54, 1.807) is 38.2 Å². The highest BCUT2D eigenvalue weighted by molar-refractivity contribution is 8.14. The molecule has 1 fully saturated rings. The number of fused-ring (bicyclic) bond motifs is 1. The number of nitrogens with zero attached hydrogens (tertiary/aromatic N) is 3. The van der Waals surface area contributed by atoms with Crippen molar-refractivity contribution < 1.29 is 27.5 Å². The second-order valence-corrected chi connectivity index (χ2v) is 11.1. The molecule has 0 saturated carbocycles. The molecule has 228 valence electrons. The van der Waals surface area contributed by atoms with Gasteiger partial charge in [-0.15, -0.1) is 11.8 Å². The number of carbonyl (C=O) groups is 2. The lowest BCUT2D eigenvalue weighted by molar-refractivity contribution is -0.141. The van der Waals surface area contributed by atoms with Crippen LogP contribution in [0.1, 0.15) is 48.7 Å². The van der Waals surface area contributed by atoms with Gasteiger partial charge in [-0.3, -0.25) is 15.1 Å². The Bertz CT molecular complexity index is 1630. The number of benzene rings is 1. The zero-order chi connectivity index (χ0) is 30.7. The van der Waals surface area contributed by atoms with Gasteiger partial charge in [0.1, 0.15) is 11.4 Å². The highest BCUT2D eigenvalue weighted by Crippen LogP contribution is 2.37. The molecule has 1 unspecified atom stereocenters. The number of ether oxygens (including phenoxy) is 1. The van der Waals surface area contributed by atoms with Crippen LogP contribution in [0.3, 0.4) is 0 Å². The summed E-state index contributed by atoms with van der Waals surface area (Å²) in [6.07, 6.45) is 0.252. The van der Waals surface area contributed by atoms with Crippen LogP contribution < -0.4 is 21.4 Å². The lowest BCUT2D eigenvalue weighted by Crippen LogP contribution is -2.33. The topological polar surface area (TPSA) is 127 Å². The number of amides is 2. The quantitative estimate of drug-likeness (QED) is 0.328. The third kappa shape index (κ3) is 6.54. The summed E-state index contributed by atoms with van der Waals surface area (Å²) in [5, 5.41) is 8.92. The van der Waals surface area contributed by atoms with Crippen molar-refractivity contribution in [2.24, 2.45) is 4.99 Å². The van der Waals surface area contributed by atoms with E-state index in [1.165, 1.54) is 12.3 Å². The fourth-order valence-electron chi connectivity index (χ4n) is 5.19. The van der Waals surface area contributed by atoms with Gasteiger partial charge in [-0.1, -0.05) is 6.07 Å². The number of anilines is 1. The molecule has 4 heterocycles. The Balaban J connectivity index is 1.67. The minimum atomic E-state index is -4.50. The number of carbonyl (C=O) groups excluding carboxylic acids is 2. The minimum absolute atomic E-state index is 0.00345. The summed E-state index contributed by atoms with van der Waals surface area (Å²) in [5.41, 5.74) is 1.25. The molecule has 1 saturated heterocycles. The van der Waals surface area contributed by atoms with Crippen LogP contribution in [0.2, 0.25) is 0 Å². The zero-order valence-electron chi connectivity index (χ0n) is 23.6. The number of piperidine rings is 1. The number of urea groups is 1. The molecule has 2 atom stereocenters. The maximum Gasteiger partial charge on any atom is 0.411 e. The normalized spacial score (nSPS) is 18.8. The van der Waals surface area contributed by atoms with Crippen molar-refractivity contribution in [3.05, 3.63) is 58.0 Å². The van der Waals surface area contributed by atoms with E-state index < -0.39 is 29.6 Å². The molecule has 0 bridgehead atoms. The van der Waals surface area contributed by atoms with Crippen LogP contribution in [0, 0.1) is 0 Å². The van der Waals surface area contributed by atoms with Crippen LogP contribution in [0.25, 0.3) is 22.0 Å². The summed E-state index contributed by atoms with van der Waals surface area (Å²) in [6, 6.07) is 4.23. The number of halogens is 3. The third-order valence-electron chi connectivity index (χ3n) is 7.24. The number of aliphatic imine (C=N–C) groups is 1. The van der Waals surface area contributed by atoms with Crippen molar-refractivity contribution in [2.45, 2.75) is 44.9 Å². The van der Waals surface area contributed by atoms with E-state index in [0.717, 1.165) is 31.1 Å². The monoisotopic (exact) mass is 616 g/mol. The lowest BCUT2D eigenvalue weighted by Gasteiger charge is -2.27. The van der Waals surface area contributed by atoms with Crippen molar-refractivity contribution in [3.8, 4) is 11.1 Å². The first-order valence-electron chi connectivity index (χ1n) is 14.0. The number of nitrogens with one attached hydrogen (secondary N) is 3. The Hall–Kier alpha value is -3.91. The van der Waals surface area contributed by atoms with Gasteiger partial charge in [-0.05, 0) is 57.0 Å². The molecule has 3 N–H and O–H groups in total. The number of aromatic nitrogens is 2. The molecule has 1 aromatic carbocycles. The molecule has 0 radical (unpaired) electrons. The molecule has 2 aliphatic heterocycles. The first-order chi connectivity index (χ1) is 20.6. The van der Waals surface area contributed by atoms with Crippen molar-refractivity contribution >= 4 is 45.5 Å². The summed E-state index contributed by atoms with van der Waals surface area (Å²) in [6.45, 7) is 5.41. The molecule has 5 rings (SSSR count). The molecule has 0 aliphatic carbocycles. The van der Waals surface area contributed by atoms with Crippen molar-refractivity contribution in [1.29, 1.82) is 0 Å². The fourth-order valence-corrected chi connectivity index (χ4v) is 6.30. The van der Waals surface area contributed by atoms with Crippen molar-refractivity contribution in [3.63, 3.8) is 0 Å². The Morgan fingerprint density at radius 1 is 1.21 bits per heavy atom. The van der Waals surface area contributed by atoms with E-state index >= 15 is 0 Å². The van der Waals surface area contributed by atoms with Gasteiger partial charge in [0.15, 0.2) is 6.04 Å². The number of hydrogen-bond acceptors (Lipinski definition) is 8. The number of thioether (sulfide) groups is 1. The maximum atomic E-state index is 13.6. The van der Waals surface area contributed by atoms with Gasteiger partial charge in [0.2, 0.25) is 5.43 Å². The molecule has 10 nitrogen and oxygen atoms in total. The molecular weight excluding hydrogens is 585 g/mol. The van der Waals surface area contributed by atoms with Gasteiger partial charge in [0.05, 0.1) is 17.2 Å². The molecule has 14 heteroatoms. The lowest BCUT2D eigenvalue weighted by atomic mass is 9.98. The Labute approximate surface area is 249 Å². The van der Waals surface area contributed by atoms with E-state index in [2.05, 4.69) is 25.9 Å². The van der Waals surface area contributed by atoms with Gasteiger partial charge < -0.3 is 19.9 Å². The van der Waals surface area contributed by atoms with Gasteiger partial charge in [-0.25, -0.2) is 14.6 Å². The smallest absolute Gasteiger partial charge is 0.411 e. The Morgan fingerprint density at radius 3 is 2.70 bits per heavy atom. The predicted molar refractivity (Wildman–Crippen MR) is 160 cm³/mol. The van der Waals surface area contributed by atoms with Gasteiger partial charge >= 0.3 is 18.2 Å². The number of rotatable bonds is 7. The predicted octanol–water partition coefficient (Wildman–Crippen LogP) is 4.73. The summed E-state index contributed by atoms with van der Waals surface area (Å²) in [5.74, 6) is -0.878. The SMILES string of the molecule is CCNC(=O)Nc1cc(C2=NC(C(F)(F)F)CS2)c(-c2ccc3c(c2)c(=O)c(C(=O)OCC)cn3[C@H]2CCCNC2)cn1. The molecule has 3 aromatic rings. The zero-order valence-corrected chi connectivity index (χ0v) is 24.4. The standard InChI is InChI=1S/C29H31F3N6O4S/c1-3-34-28(41)37-24-11-18(26-36-23(15-43-26)29(30,31)32)20(13-35-24)16-7-8-22-19(10-16)25(39)21(27(40)42-4-2)14-38(22)17-6-5-9-33-12-17/h7-8,10-11,13-14,17,23,33H,3-6,9,12,15H2,1-2H3,(H2,34,35,37,41)/t17-,23?/m0/s1. The number of pyridine rings is 2. The number of hydrogen-bond donors (Lipinski definition) is 3. The maximum absolute atomic E-state index is 13.6. The summed E-state index contributed by atoms with van der Waals surface area (Å²) in [4.78, 5) is 46.8. The molecule has 43 heavy (non-hydrogen) atoms. The van der Waals surface area contributed by atoms with E-state index in [0.29, 0.717) is 35.3 Å². The molecule has 2 aliphatic rings. The fraction of sp³-hybridized carbons (Fsp3) is 0.414. The van der Waals surface area contributed by atoms with Gasteiger partial charge in [-0.2, -0.15) is 13.2 Å². The highest BCUT2D eigenvalue weighted by Gasteiger charge is 2.43. The summed E-state index contributed by atoms with van der Waals surface area (Å²) in [7, 11) is 0. The third-order valence-corrected chi connectivity index (χ3v) is 8.33. The summed E-state index contributed by atoms with van der Waals surface area (Å²) < 4.78 is 47.6. The molecule has 0 spiro atoms. The van der Waals surface area contributed by atoms with Gasteiger partial charge in [0.25, 0.3) is 0 Å². The van der Waals surface area contributed by atoms with Crippen LogP contribution in [-0.2, 0) is 4.74 Å². The highest BCUT2D eigenvalue weighted by atomic mass is 32.2. The molecule has 2 amide bonds. The first kappa shape index (κ1) is 30.5. The summed E-state index contributed by atoms with van der Waals surface area (Å²) >= 11 is 0.957. The first-order valence-corrected chi connectivity index (χ1v) is 15.0. The van der Waals surface area contributed by atoms with E-state index in [4.69, 9.17) is 4.74 Å². The van der Waals surface area contributed by atoms with E-state index in [9.17, 15) is 27.6 Å². The molecule has 2 aromatic heterocycles. The second kappa shape index (κ2) is 12.8. The largest absolute Gasteiger partial charge is 0.462 e. The van der Waals surface area contributed by atoms with Crippen LogP contribution in [0.4, 0.5) is 23.8 Å². The van der Waals surface area contributed by atoms with Crippen LogP contribution in [0.15, 0.2) is 46.4 Å². The van der Waals surface area contributed by atoms with Crippen molar-refractivity contribution in [2.75, 3.05) is 37.3 Å². The van der Waals surface area contributed by atoms with Crippen LogP contribution >= 0.6 is 11.8 Å².